The number of carboxylic acids is 1. The third-order valence-electron chi connectivity index (χ3n) is 2.19. The van der Waals surface area contributed by atoms with Crippen LogP contribution in [-0.4, -0.2) is 23.0 Å². The minimum Gasteiger partial charge on any atom is -0.481 e. The molecular weight excluding hydrogens is 290 g/mol. The largest absolute Gasteiger partial charge is 0.481 e. The lowest BCUT2D eigenvalue weighted by Gasteiger charge is -2.15. The SMILES string of the molecule is CC(=O)NC(CCC(=O)O)Cc1ccc(Br)o1. The Morgan fingerprint density at radius 3 is 2.71 bits per heavy atom. The van der Waals surface area contributed by atoms with E-state index in [9.17, 15) is 9.59 Å². The number of carbonyl (C=O) groups excluding carboxylic acids is 1. The van der Waals surface area contributed by atoms with E-state index in [1.807, 2.05) is 0 Å². The average Bonchev–Trinajstić information content (AvgIpc) is 2.59. The maximum Gasteiger partial charge on any atom is 0.303 e. The number of rotatable bonds is 6. The van der Waals surface area contributed by atoms with Crippen LogP contribution in [0.5, 0.6) is 0 Å². The van der Waals surface area contributed by atoms with Gasteiger partial charge in [0.1, 0.15) is 5.76 Å². The van der Waals surface area contributed by atoms with E-state index >= 15 is 0 Å². The first kappa shape index (κ1) is 13.8. The van der Waals surface area contributed by atoms with Gasteiger partial charge < -0.3 is 14.8 Å². The van der Waals surface area contributed by atoms with Crippen molar-refractivity contribution in [1.82, 2.24) is 5.32 Å². The van der Waals surface area contributed by atoms with Gasteiger partial charge in [-0.15, -0.1) is 0 Å². The van der Waals surface area contributed by atoms with Gasteiger partial charge in [-0.25, -0.2) is 0 Å². The summed E-state index contributed by atoms with van der Waals surface area (Å²) >= 11 is 3.19. The molecular formula is C11H14BrNO4. The summed E-state index contributed by atoms with van der Waals surface area (Å²) in [6, 6.07) is 3.33. The van der Waals surface area contributed by atoms with E-state index in [1.165, 1.54) is 6.92 Å². The quantitative estimate of drug-likeness (QED) is 0.842. The van der Waals surface area contributed by atoms with Gasteiger partial charge in [0.2, 0.25) is 5.91 Å². The predicted octanol–water partition coefficient (Wildman–Crippen LogP) is 1.95. The lowest BCUT2D eigenvalue weighted by atomic mass is 10.1. The Bertz CT molecular complexity index is 402. The Hall–Kier alpha value is -1.30. The Balaban J connectivity index is 2.56. The number of aliphatic carboxylic acids is 1. The van der Waals surface area contributed by atoms with Gasteiger partial charge in [-0.05, 0) is 34.5 Å². The van der Waals surface area contributed by atoms with Crippen LogP contribution in [0.4, 0.5) is 0 Å². The zero-order chi connectivity index (χ0) is 12.8. The van der Waals surface area contributed by atoms with Gasteiger partial charge in [0.15, 0.2) is 4.67 Å². The summed E-state index contributed by atoms with van der Waals surface area (Å²) in [5.41, 5.74) is 0. The Kier molecular flexibility index (Phi) is 5.21. The molecule has 0 spiro atoms. The molecule has 2 N–H and O–H groups in total. The molecule has 1 unspecified atom stereocenters. The van der Waals surface area contributed by atoms with Gasteiger partial charge >= 0.3 is 5.97 Å². The predicted molar refractivity (Wildman–Crippen MR) is 64.6 cm³/mol. The molecule has 0 aliphatic carbocycles. The Morgan fingerprint density at radius 1 is 1.53 bits per heavy atom. The molecule has 17 heavy (non-hydrogen) atoms. The molecule has 0 radical (unpaired) electrons. The van der Waals surface area contributed by atoms with E-state index < -0.39 is 5.97 Å². The standard InChI is InChI=1S/C11H14BrNO4/c1-7(14)13-8(2-5-11(15)16)6-9-3-4-10(12)17-9/h3-4,8H,2,5-6H2,1H3,(H,13,14)(H,15,16). The normalized spacial score (nSPS) is 12.1. The monoisotopic (exact) mass is 303 g/mol. The molecule has 1 heterocycles. The summed E-state index contributed by atoms with van der Waals surface area (Å²) in [7, 11) is 0. The summed E-state index contributed by atoms with van der Waals surface area (Å²) in [6.45, 7) is 1.41. The fourth-order valence-electron chi connectivity index (χ4n) is 1.51. The van der Waals surface area contributed by atoms with Crippen LogP contribution in [-0.2, 0) is 16.0 Å². The fraction of sp³-hybridized carbons (Fsp3) is 0.455. The summed E-state index contributed by atoms with van der Waals surface area (Å²) in [5, 5.41) is 11.3. The van der Waals surface area contributed by atoms with Crippen molar-refractivity contribution in [3.05, 3.63) is 22.6 Å². The molecule has 1 aromatic rings. The van der Waals surface area contributed by atoms with E-state index in [0.29, 0.717) is 23.3 Å². The van der Waals surface area contributed by atoms with Gasteiger partial charge in [0, 0.05) is 25.8 Å². The summed E-state index contributed by atoms with van der Waals surface area (Å²) < 4.78 is 5.94. The van der Waals surface area contributed by atoms with Crippen LogP contribution in [0.15, 0.2) is 21.2 Å². The van der Waals surface area contributed by atoms with Crippen molar-refractivity contribution in [2.24, 2.45) is 0 Å². The van der Waals surface area contributed by atoms with Crippen molar-refractivity contribution in [2.45, 2.75) is 32.2 Å². The number of halogens is 1. The van der Waals surface area contributed by atoms with Crippen molar-refractivity contribution < 1.29 is 19.1 Å². The van der Waals surface area contributed by atoms with E-state index in [2.05, 4.69) is 21.2 Å². The molecule has 94 valence electrons. The molecule has 0 fully saturated rings. The van der Waals surface area contributed by atoms with Crippen molar-refractivity contribution >= 4 is 27.8 Å². The zero-order valence-corrected chi connectivity index (χ0v) is 11.0. The van der Waals surface area contributed by atoms with Crippen LogP contribution in [0.1, 0.15) is 25.5 Å². The number of hydrogen-bond acceptors (Lipinski definition) is 3. The van der Waals surface area contributed by atoms with Crippen molar-refractivity contribution in [2.75, 3.05) is 0 Å². The van der Waals surface area contributed by atoms with Gasteiger partial charge in [0.25, 0.3) is 0 Å². The molecule has 6 heteroatoms. The molecule has 0 aliphatic rings. The second kappa shape index (κ2) is 6.44. The highest BCUT2D eigenvalue weighted by Gasteiger charge is 2.14. The smallest absolute Gasteiger partial charge is 0.303 e. The second-order valence-corrected chi connectivity index (χ2v) is 4.52. The van der Waals surface area contributed by atoms with E-state index in [4.69, 9.17) is 9.52 Å². The third-order valence-corrected chi connectivity index (χ3v) is 2.62. The number of carboxylic acid groups (broad SMARTS) is 1. The van der Waals surface area contributed by atoms with E-state index in [1.54, 1.807) is 12.1 Å². The van der Waals surface area contributed by atoms with Crippen LogP contribution in [0.2, 0.25) is 0 Å². The van der Waals surface area contributed by atoms with Crippen molar-refractivity contribution in [1.29, 1.82) is 0 Å². The number of amides is 1. The van der Waals surface area contributed by atoms with Crippen molar-refractivity contribution in [3.63, 3.8) is 0 Å². The fourth-order valence-corrected chi connectivity index (χ4v) is 1.85. The van der Waals surface area contributed by atoms with Gasteiger partial charge in [-0.3, -0.25) is 9.59 Å². The molecule has 0 saturated carbocycles. The highest BCUT2D eigenvalue weighted by Crippen LogP contribution is 2.16. The number of furan rings is 1. The average molecular weight is 304 g/mol. The third kappa shape index (κ3) is 5.53. The molecule has 0 bridgehead atoms. The van der Waals surface area contributed by atoms with Crippen LogP contribution >= 0.6 is 15.9 Å². The summed E-state index contributed by atoms with van der Waals surface area (Å²) in [4.78, 5) is 21.5. The molecule has 1 atom stereocenters. The highest BCUT2D eigenvalue weighted by molar-refractivity contribution is 9.10. The van der Waals surface area contributed by atoms with Gasteiger partial charge in [-0.2, -0.15) is 0 Å². The van der Waals surface area contributed by atoms with Crippen LogP contribution < -0.4 is 5.32 Å². The highest BCUT2D eigenvalue weighted by atomic mass is 79.9. The number of hydrogen-bond donors (Lipinski definition) is 2. The Morgan fingerprint density at radius 2 is 2.24 bits per heavy atom. The lowest BCUT2D eigenvalue weighted by Crippen LogP contribution is -2.35. The second-order valence-electron chi connectivity index (χ2n) is 3.74. The van der Waals surface area contributed by atoms with Gasteiger partial charge in [-0.1, -0.05) is 0 Å². The first-order chi connectivity index (χ1) is 7.97. The number of carbonyl (C=O) groups is 2. The lowest BCUT2D eigenvalue weighted by molar-refractivity contribution is -0.137. The molecule has 1 aromatic heterocycles. The Labute approximate surface area is 107 Å². The van der Waals surface area contributed by atoms with E-state index in [-0.39, 0.29) is 18.4 Å². The summed E-state index contributed by atoms with van der Waals surface area (Å²) in [5.74, 6) is -0.340. The number of nitrogens with one attached hydrogen (secondary N) is 1. The van der Waals surface area contributed by atoms with Gasteiger partial charge in [0.05, 0.1) is 0 Å². The maximum atomic E-state index is 11.0. The molecule has 0 aromatic carbocycles. The molecule has 0 aliphatic heterocycles. The van der Waals surface area contributed by atoms with Crippen LogP contribution in [0, 0.1) is 0 Å². The van der Waals surface area contributed by atoms with Crippen LogP contribution in [0.3, 0.4) is 0 Å². The first-order valence-electron chi connectivity index (χ1n) is 5.20. The zero-order valence-electron chi connectivity index (χ0n) is 9.40. The molecule has 1 rings (SSSR count). The minimum absolute atomic E-state index is 0.0207. The van der Waals surface area contributed by atoms with E-state index in [0.717, 1.165) is 0 Å². The van der Waals surface area contributed by atoms with Crippen molar-refractivity contribution in [3.8, 4) is 0 Å². The molecule has 0 saturated heterocycles. The molecule has 1 amide bonds. The first-order valence-corrected chi connectivity index (χ1v) is 6.00. The summed E-state index contributed by atoms with van der Waals surface area (Å²) in [6.07, 6.45) is 0.887. The topological polar surface area (TPSA) is 79.5 Å². The minimum atomic E-state index is -0.874. The maximum absolute atomic E-state index is 11.0. The molecule has 5 nitrogen and oxygen atoms in total. The van der Waals surface area contributed by atoms with Crippen LogP contribution in [0.25, 0.3) is 0 Å².